The summed E-state index contributed by atoms with van der Waals surface area (Å²) in [5.41, 5.74) is 2.92. The Hall–Kier alpha value is -1.49. The van der Waals surface area contributed by atoms with Crippen molar-refractivity contribution in [2.24, 2.45) is 4.99 Å². The smallest absolute Gasteiger partial charge is 0.213 e. The molecule has 0 N–H and O–H groups in total. The lowest BCUT2D eigenvalue weighted by molar-refractivity contribution is -0.108. The maximum absolute atomic E-state index is 11.1. The number of hydrogen-bond acceptors (Lipinski definition) is 2. The number of aliphatic imine (C=N–C) groups is 1. The summed E-state index contributed by atoms with van der Waals surface area (Å²) in [7, 11) is 0. The van der Waals surface area contributed by atoms with Gasteiger partial charge in [-0.25, -0.2) is 0 Å². The highest BCUT2D eigenvalue weighted by Crippen LogP contribution is 2.11. The SMILES string of the molecule is O=C(I)CN=C(c1ccccc1)c1ccccc1. The van der Waals surface area contributed by atoms with E-state index in [2.05, 4.69) is 4.99 Å². The minimum atomic E-state index is 0.0389. The zero-order chi connectivity index (χ0) is 12.8. The van der Waals surface area contributed by atoms with Gasteiger partial charge in [-0.3, -0.25) is 9.79 Å². The van der Waals surface area contributed by atoms with Gasteiger partial charge >= 0.3 is 0 Å². The van der Waals surface area contributed by atoms with Gasteiger partial charge in [0.05, 0.1) is 5.71 Å². The van der Waals surface area contributed by atoms with Crippen LogP contribution in [0.3, 0.4) is 0 Å². The van der Waals surface area contributed by atoms with E-state index >= 15 is 0 Å². The monoisotopic (exact) mass is 349 g/mol. The van der Waals surface area contributed by atoms with Gasteiger partial charge in [-0.05, 0) is 0 Å². The second-order valence-corrected chi connectivity index (χ2v) is 4.96. The van der Waals surface area contributed by atoms with Crippen molar-refractivity contribution < 1.29 is 4.79 Å². The molecule has 18 heavy (non-hydrogen) atoms. The topological polar surface area (TPSA) is 29.4 Å². The Labute approximate surface area is 120 Å². The first kappa shape index (κ1) is 13.0. The van der Waals surface area contributed by atoms with Crippen molar-refractivity contribution in [1.82, 2.24) is 0 Å². The summed E-state index contributed by atoms with van der Waals surface area (Å²) < 4.78 is 0.0389. The van der Waals surface area contributed by atoms with E-state index in [9.17, 15) is 4.79 Å². The second-order valence-electron chi connectivity index (χ2n) is 3.75. The van der Waals surface area contributed by atoms with Gasteiger partial charge in [0.15, 0.2) is 0 Å². The van der Waals surface area contributed by atoms with Gasteiger partial charge in [0, 0.05) is 33.7 Å². The standard InChI is InChI=1S/C15H12INO/c16-14(18)11-17-15(12-7-3-1-4-8-12)13-9-5-2-6-10-13/h1-10H,11H2. The van der Waals surface area contributed by atoms with Crippen LogP contribution in [0.25, 0.3) is 0 Å². The number of rotatable bonds is 4. The third kappa shape index (κ3) is 3.50. The highest BCUT2D eigenvalue weighted by atomic mass is 127. The summed E-state index contributed by atoms with van der Waals surface area (Å²) in [6, 6.07) is 19.8. The zero-order valence-electron chi connectivity index (χ0n) is 9.71. The van der Waals surface area contributed by atoms with E-state index in [4.69, 9.17) is 0 Å². The highest BCUT2D eigenvalue weighted by molar-refractivity contribution is 14.1. The molecule has 0 aliphatic rings. The first-order chi connectivity index (χ1) is 8.77. The van der Waals surface area contributed by atoms with Crippen molar-refractivity contribution in [3.8, 4) is 0 Å². The summed E-state index contributed by atoms with van der Waals surface area (Å²) in [4.78, 5) is 15.5. The molecule has 0 heterocycles. The van der Waals surface area contributed by atoms with Crippen molar-refractivity contribution in [3.05, 3.63) is 71.8 Å². The predicted octanol–water partition coefficient (Wildman–Crippen LogP) is 3.49. The van der Waals surface area contributed by atoms with Crippen LogP contribution in [0.5, 0.6) is 0 Å². The van der Waals surface area contributed by atoms with Gasteiger partial charge in [0.25, 0.3) is 0 Å². The minimum Gasteiger partial charge on any atom is -0.286 e. The van der Waals surface area contributed by atoms with E-state index in [0.717, 1.165) is 16.8 Å². The molecule has 2 aromatic carbocycles. The van der Waals surface area contributed by atoms with E-state index in [1.807, 2.05) is 60.7 Å². The summed E-state index contributed by atoms with van der Waals surface area (Å²) in [5, 5.41) is 0. The molecule has 0 bridgehead atoms. The number of benzene rings is 2. The van der Waals surface area contributed by atoms with Gasteiger partial charge in [-0.1, -0.05) is 60.7 Å². The molecule has 0 radical (unpaired) electrons. The normalized spacial score (nSPS) is 9.83. The van der Waals surface area contributed by atoms with Crippen LogP contribution >= 0.6 is 22.6 Å². The molecule has 2 aromatic rings. The maximum atomic E-state index is 11.1. The summed E-state index contributed by atoms with van der Waals surface area (Å²) in [6.45, 7) is 0.208. The van der Waals surface area contributed by atoms with Crippen LogP contribution in [0.15, 0.2) is 65.7 Å². The number of carbonyl (C=O) groups is 1. The number of carbonyl (C=O) groups excluding carboxylic acids is 1. The van der Waals surface area contributed by atoms with Crippen molar-refractivity contribution in [2.45, 2.75) is 0 Å². The average Bonchev–Trinajstić information content (AvgIpc) is 2.41. The Morgan fingerprint density at radius 1 is 0.889 bits per heavy atom. The van der Waals surface area contributed by atoms with Gasteiger partial charge in [-0.15, -0.1) is 0 Å². The Bertz CT molecular complexity index is 508. The molecule has 0 fully saturated rings. The summed E-state index contributed by atoms with van der Waals surface area (Å²) in [6.07, 6.45) is 0. The Kier molecular flexibility index (Phi) is 4.64. The van der Waals surface area contributed by atoms with Gasteiger partial charge in [0.2, 0.25) is 3.79 Å². The van der Waals surface area contributed by atoms with Crippen LogP contribution < -0.4 is 0 Å². The van der Waals surface area contributed by atoms with Crippen molar-refractivity contribution >= 4 is 32.1 Å². The second kappa shape index (κ2) is 6.44. The number of hydrogen-bond donors (Lipinski definition) is 0. The molecule has 3 heteroatoms. The van der Waals surface area contributed by atoms with Crippen LogP contribution in [-0.4, -0.2) is 16.0 Å². The predicted molar refractivity (Wildman–Crippen MR) is 82.4 cm³/mol. The fourth-order valence-corrected chi connectivity index (χ4v) is 1.85. The first-order valence-corrected chi connectivity index (χ1v) is 6.69. The van der Waals surface area contributed by atoms with Crippen LogP contribution in [0, 0.1) is 0 Å². The van der Waals surface area contributed by atoms with E-state index < -0.39 is 0 Å². The molecule has 0 aliphatic carbocycles. The molecule has 90 valence electrons. The highest BCUT2D eigenvalue weighted by Gasteiger charge is 2.06. The van der Waals surface area contributed by atoms with E-state index in [-0.39, 0.29) is 10.3 Å². The van der Waals surface area contributed by atoms with Crippen molar-refractivity contribution in [1.29, 1.82) is 0 Å². The van der Waals surface area contributed by atoms with Gasteiger partial charge in [-0.2, -0.15) is 0 Å². The quantitative estimate of drug-likeness (QED) is 0.472. The van der Waals surface area contributed by atoms with E-state index in [1.165, 1.54) is 0 Å². The molecule has 2 rings (SSSR count). The first-order valence-electron chi connectivity index (χ1n) is 5.61. The van der Waals surface area contributed by atoms with Crippen LogP contribution in [0.1, 0.15) is 11.1 Å². The molecule has 0 aliphatic heterocycles. The average molecular weight is 349 g/mol. The van der Waals surface area contributed by atoms with Crippen molar-refractivity contribution in [3.63, 3.8) is 0 Å². The lowest BCUT2D eigenvalue weighted by Gasteiger charge is -2.06. The van der Waals surface area contributed by atoms with Crippen LogP contribution in [0.4, 0.5) is 0 Å². The largest absolute Gasteiger partial charge is 0.286 e. The Morgan fingerprint density at radius 2 is 1.33 bits per heavy atom. The number of nitrogens with zero attached hydrogens (tertiary/aromatic N) is 1. The molecule has 2 nitrogen and oxygen atoms in total. The molecule has 0 unspecified atom stereocenters. The molecule has 0 spiro atoms. The Balaban J connectivity index is 2.42. The summed E-state index contributed by atoms with van der Waals surface area (Å²) in [5.74, 6) is 0. The molecular weight excluding hydrogens is 337 g/mol. The van der Waals surface area contributed by atoms with E-state index in [0.29, 0.717) is 0 Å². The zero-order valence-corrected chi connectivity index (χ0v) is 11.9. The fraction of sp³-hybridized carbons (Fsp3) is 0.0667. The molecule has 0 aromatic heterocycles. The molecule has 0 atom stereocenters. The summed E-state index contributed by atoms with van der Waals surface area (Å²) >= 11 is 1.77. The van der Waals surface area contributed by atoms with Crippen LogP contribution in [-0.2, 0) is 4.79 Å². The maximum Gasteiger partial charge on any atom is 0.213 e. The molecular formula is C15H12INO. The Morgan fingerprint density at radius 3 is 1.72 bits per heavy atom. The lowest BCUT2D eigenvalue weighted by Crippen LogP contribution is -2.06. The van der Waals surface area contributed by atoms with E-state index in [1.54, 1.807) is 22.6 Å². The third-order valence-electron chi connectivity index (χ3n) is 2.46. The van der Waals surface area contributed by atoms with Gasteiger partial charge < -0.3 is 0 Å². The molecule has 0 amide bonds. The molecule has 0 saturated heterocycles. The van der Waals surface area contributed by atoms with Crippen LogP contribution in [0.2, 0.25) is 0 Å². The minimum absolute atomic E-state index is 0.0389. The fourth-order valence-electron chi connectivity index (χ4n) is 1.68. The number of halogens is 1. The van der Waals surface area contributed by atoms with Gasteiger partial charge in [0.1, 0.15) is 6.54 Å². The third-order valence-corrected chi connectivity index (χ3v) is 2.80. The lowest BCUT2D eigenvalue weighted by atomic mass is 10.0. The molecule has 0 saturated carbocycles. The van der Waals surface area contributed by atoms with Crippen molar-refractivity contribution in [2.75, 3.05) is 6.54 Å².